The van der Waals surface area contributed by atoms with E-state index >= 15 is 0 Å². The number of hydrogen-bond donors (Lipinski definition) is 1. The van der Waals surface area contributed by atoms with Crippen LogP contribution in [-0.4, -0.2) is 26.9 Å². The molecule has 3 nitrogen and oxygen atoms in total. The van der Waals surface area contributed by atoms with Crippen LogP contribution < -0.4 is 10.1 Å². The third-order valence-corrected chi connectivity index (χ3v) is 3.15. The zero-order valence-corrected chi connectivity index (χ0v) is 10.4. The molecule has 0 radical (unpaired) electrons. The zero-order chi connectivity index (χ0) is 11.9. The van der Waals surface area contributed by atoms with E-state index in [1.165, 1.54) is 24.8 Å². The first-order valence-electron chi connectivity index (χ1n) is 6.35. The second kappa shape index (κ2) is 6.62. The second-order valence-electron chi connectivity index (χ2n) is 4.41. The van der Waals surface area contributed by atoms with Gasteiger partial charge in [-0.15, -0.1) is 0 Å². The van der Waals surface area contributed by atoms with E-state index < -0.39 is 0 Å². The molecule has 0 amide bonds. The van der Waals surface area contributed by atoms with Crippen molar-refractivity contribution in [1.82, 2.24) is 5.32 Å². The van der Waals surface area contributed by atoms with Gasteiger partial charge in [-0.05, 0) is 37.1 Å². The molecule has 0 bridgehead atoms. The van der Waals surface area contributed by atoms with Crippen molar-refractivity contribution < 1.29 is 9.47 Å². The van der Waals surface area contributed by atoms with Gasteiger partial charge in [-0.1, -0.05) is 18.6 Å². The molecule has 1 saturated heterocycles. The van der Waals surface area contributed by atoms with Crippen molar-refractivity contribution in [1.29, 1.82) is 0 Å². The van der Waals surface area contributed by atoms with Crippen LogP contribution in [0, 0.1) is 0 Å². The highest BCUT2D eigenvalue weighted by atomic mass is 16.5. The average Bonchev–Trinajstić information content (AvgIpc) is 2.41. The lowest BCUT2D eigenvalue weighted by molar-refractivity contribution is 0.146. The number of ether oxygens (including phenoxy) is 2. The fourth-order valence-corrected chi connectivity index (χ4v) is 2.18. The van der Waals surface area contributed by atoms with Crippen LogP contribution in [0.4, 0.5) is 0 Å². The minimum absolute atomic E-state index is 0.525. The fourth-order valence-electron chi connectivity index (χ4n) is 2.18. The fraction of sp³-hybridized carbons (Fsp3) is 0.571. The van der Waals surface area contributed by atoms with E-state index in [1.807, 2.05) is 12.1 Å². The molecule has 1 aromatic rings. The molecule has 1 heterocycles. The normalized spacial score (nSPS) is 20.2. The second-order valence-corrected chi connectivity index (χ2v) is 4.41. The summed E-state index contributed by atoms with van der Waals surface area (Å²) in [7, 11) is 1.68. The lowest BCUT2D eigenvalue weighted by Gasteiger charge is -2.23. The van der Waals surface area contributed by atoms with Gasteiger partial charge < -0.3 is 14.8 Å². The van der Waals surface area contributed by atoms with Crippen LogP contribution in [0.15, 0.2) is 24.3 Å². The molecule has 0 aliphatic carbocycles. The number of piperidine rings is 1. The Bertz CT molecular complexity index is 317. The van der Waals surface area contributed by atoms with Crippen LogP contribution in [0.1, 0.15) is 30.9 Å². The van der Waals surface area contributed by atoms with Crippen LogP contribution in [0.2, 0.25) is 0 Å². The quantitative estimate of drug-likeness (QED) is 0.795. The Morgan fingerprint density at radius 2 is 2.00 bits per heavy atom. The summed E-state index contributed by atoms with van der Waals surface area (Å²) in [4.78, 5) is 0. The van der Waals surface area contributed by atoms with Gasteiger partial charge in [0.25, 0.3) is 0 Å². The van der Waals surface area contributed by atoms with Crippen molar-refractivity contribution in [2.75, 3.05) is 26.9 Å². The third kappa shape index (κ3) is 3.72. The molecule has 0 saturated carbocycles. The van der Waals surface area contributed by atoms with E-state index in [0.29, 0.717) is 19.3 Å². The van der Waals surface area contributed by atoms with E-state index in [1.54, 1.807) is 7.11 Å². The molecule has 2 rings (SSSR count). The Morgan fingerprint density at radius 1 is 1.18 bits per heavy atom. The summed E-state index contributed by atoms with van der Waals surface area (Å²) in [5.41, 5.74) is 1.36. The predicted molar refractivity (Wildman–Crippen MR) is 68.4 cm³/mol. The summed E-state index contributed by atoms with van der Waals surface area (Å²) in [5.74, 6) is 0.918. The highest BCUT2D eigenvalue weighted by molar-refractivity contribution is 5.29. The summed E-state index contributed by atoms with van der Waals surface area (Å²) in [6.45, 7) is 2.38. The molecule has 1 aliphatic rings. The number of benzene rings is 1. The molecule has 3 heteroatoms. The minimum Gasteiger partial charge on any atom is -0.491 e. The molecular formula is C14H21NO2. The first-order valence-corrected chi connectivity index (χ1v) is 6.35. The van der Waals surface area contributed by atoms with Crippen molar-refractivity contribution in [2.24, 2.45) is 0 Å². The van der Waals surface area contributed by atoms with E-state index in [0.717, 1.165) is 12.3 Å². The van der Waals surface area contributed by atoms with Gasteiger partial charge in [0.05, 0.1) is 6.61 Å². The van der Waals surface area contributed by atoms with E-state index in [4.69, 9.17) is 9.47 Å². The third-order valence-electron chi connectivity index (χ3n) is 3.15. The number of methoxy groups -OCH3 is 1. The zero-order valence-electron chi connectivity index (χ0n) is 10.4. The Kier molecular flexibility index (Phi) is 4.83. The molecule has 1 aliphatic heterocycles. The molecule has 1 fully saturated rings. The van der Waals surface area contributed by atoms with Crippen LogP contribution in [0.25, 0.3) is 0 Å². The summed E-state index contributed by atoms with van der Waals surface area (Å²) in [6, 6.07) is 8.93. The van der Waals surface area contributed by atoms with Crippen molar-refractivity contribution in [3.05, 3.63) is 29.8 Å². The largest absolute Gasteiger partial charge is 0.491 e. The topological polar surface area (TPSA) is 30.5 Å². The molecule has 0 spiro atoms. The molecule has 1 atom stereocenters. The summed E-state index contributed by atoms with van der Waals surface area (Å²) >= 11 is 0. The lowest BCUT2D eigenvalue weighted by Crippen LogP contribution is -2.26. The van der Waals surface area contributed by atoms with Crippen molar-refractivity contribution >= 4 is 0 Å². The molecule has 94 valence electrons. The van der Waals surface area contributed by atoms with E-state index in [-0.39, 0.29) is 0 Å². The van der Waals surface area contributed by atoms with Gasteiger partial charge in [0.1, 0.15) is 12.4 Å². The maximum Gasteiger partial charge on any atom is 0.119 e. The molecular weight excluding hydrogens is 214 g/mol. The summed E-state index contributed by atoms with van der Waals surface area (Å²) in [5, 5.41) is 3.55. The molecule has 0 aromatic heterocycles. The van der Waals surface area contributed by atoms with Crippen LogP contribution in [0.3, 0.4) is 0 Å². The lowest BCUT2D eigenvalue weighted by atomic mass is 9.98. The Balaban J connectivity index is 1.88. The van der Waals surface area contributed by atoms with Gasteiger partial charge in [0.15, 0.2) is 0 Å². The molecule has 1 aromatic carbocycles. The van der Waals surface area contributed by atoms with Crippen molar-refractivity contribution in [3.8, 4) is 5.75 Å². The van der Waals surface area contributed by atoms with Crippen LogP contribution in [0.5, 0.6) is 5.75 Å². The first kappa shape index (κ1) is 12.4. The number of nitrogens with one attached hydrogen (secondary N) is 1. The average molecular weight is 235 g/mol. The maximum atomic E-state index is 5.54. The standard InChI is InChI=1S/C14H21NO2/c1-16-10-11-17-13-7-5-12(6-8-13)14-4-2-3-9-15-14/h5-8,14-15H,2-4,9-11H2,1H3. The summed E-state index contributed by atoms with van der Waals surface area (Å²) < 4.78 is 10.5. The number of hydrogen-bond acceptors (Lipinski definition) is 3. The van der Waals surface area contributed by atoms with Gasteiger partial charge in [-0.25, -0.2) is 0 Å². The monoisotopic (exact) mass is 235 g/mol. The van der Waals surface area contributed by atoms with Gasteiger partial charge >= 0.3 is 0 Å². The molecule has 1 unspecified atom stereocenters. The number of rotatable bonds is 5. The van der Waals surface area contributed by atoms with E-state index in [9.17, 15) is 0 Å². The van der Waals surface area contributed by atoms with Crippen molar-refractivity contribution in [2.45, 2.75) is 25.3 Å². The highest BCUT2D eigenvalue weighted by Crippen LogP contribution is 2.24. The SMILES string of the molecule is COCCOc1ccc(C2CCCCN2)cc1. The van der Waals surface area contributed by atoms with Crippen LogP contribution >= 0.6 is 0 Å². The van der Waals surface area contributed by atoms with Crippen molar-refractivity contribution in [3.63, 3.8) is 0 Å². The Morgan fingerprint density at radius 3 is 2.65 bits per heavy atom. The summed E-state index contributed by atoms with van der Waals surface area (Å²) in [6.07, 6.45) is 3.86. The van der Waals surface area contributed by atoms with Gasteiger partial charge in [0.2, 0.25) is 0 Å². The Hall–Kier alpha value is -1.06. The highest BCUT2D eigenvalue weighted by Gasteiger charge is 2.14. The van der Waals surface area contributed by atoms with Crippen LogP contribution in [-0.2, 0) is 4.74 Å². The van der Waals surface area contributed by atoms with Gasteiger partial charge in [-0.3, -0.25) is 0 Å². The predicted octanol–water partition coefficient (Wildman–Crippen LogP) is 2.53. The van der Waals surface area contributed by atoms with Gasteiger partial charge in [0, 0.05) is 13.2 Å². The Labute approximate surface area is 103 Å². The van der Waals surface area contributed by atoms with E-state index in [2.05, 4.69) is 17.4 Å². The molecule has 17 heavy (non-hydrogen) atoms. The smallest absolute Gasteiger partial charge is 0.119 e. The molecule has 1 N–H and O–H groups in total. The van der Waals surface area contributed by atoms with Gasteiger partial charge in [-0.2, -0.15) is 0 Å². The maximum absolute atomic E-state index is 5.54. The minimum atomic E-state index is 0.525. The first-order chi connectivity index (χ1) is 8.40.